The molecule has 0 fully saturated rings. The van der Waals surface area contributed by atoms with E-state index in [1.165, 1.54) is 6.92 Å². The van der Waals surface area contributed by atoms with Crippen LogP contribution in [0.2, 0.25) is 0 Å². The van der Waals surface area contributed by atoms with Gasteiger partial charge in [-0.25, -0.2) is 4.79 Å². The Kier molecular flexibility index (Phi) is 18.6. The highest BCUT2D eigenvalue weighted by molar-refractivity contribution is 5.84. The molecule has 0 rings (SSSR count). The van der Waals surface area contributed by atoms with Crippen molar-refractivity contribution in [2.24, 2.45) is 0 Å². The topological polar surface area (TPSA) is 196 Å². The van der Waals surface area contributed by atoms with Crippen LogP contribution in [0.1, 0.15) is 6.92 Å². The average Bonchev–Trinajstić information content (AvgIpc) is 2.52. The SMILES string of the molecule is C=C(C)C(=O)O.O=CC(O)C(O)C(O)C(O)CO.OCCO. The second-order valence-corrected chi connectivity index (χ2v) is 3.89. The number of hydrogen-bond acceptors (Lipinski definition) is 9. The predicted octanol–water partition coefficient (Wildman–Crippen LogP) is -3.76. The molecule has 0 heterocycles. The number of carboxylic acid groups (broad SMARTS) is 1. The normalized spacial score (nSPS) is 14.9. The quantitative estimate of drug-likeness (QED) is 0.170. The summed E-state index contributed by atoms with van der Waals surface area (Å²) in [5, 5.41) is 66.7. The molecule has 22 heavy (non-hydrogen) atoms. The third-order valence-electron chi connectivity index (χ3n) is 1.89. The lowest BCUT2D eigenvalue weighted by molar-refractivity contribution is -0.136. The molecule has 8 N–H and O–H groups in total. The summed E-state index contributed by atoms with van der Waals surface area (Å²) in [6.07, 6.45) is -6.84. The van der Waals surface area contributed by atoms with Crippen LogP contribution in [0.15, 0.2) is 12.2 Å². The van der Waals surface area contributed by atoms with Gasteiger partial charge in [-0.05, 0) is 6.92 Å². The number of aliphatic hydroxyl groups excluding tert-OH is 7. The highest BCUT2D eigenvalue weighted by atomic mass is 16.4. The van der Waals surface area contributed by atoms with E-state index in [-0.39, 0.29) is 25.1 Å². The van der Waals surface area contributed by atoms with E-state index in [1.807, 2.05) is 0 Å². The third-order valence-corrected chi connectivity index (χ3v) is 1.89. The van der Waals surface area contributed by atoms with Crippen LogP contribution in [-0.2, 0) is 9.59 Å². The summed E-state index contributed by atoms with van der Waals surface area (Å²) in [6, 6.07) is 0. The van der Waals surface area contributed by atoms with Crippen LogP contribution in [0.4, 0.5) is 0 Å². The molecule has 0 radical (unpaired) electrons. The highest BCUT2D eigenvalue weighted by Crippen LogP contribution is 2.02. The van der Waals surface area contributed by atoms with E-state index in [9.17, 15) is 9.59 Å². The van der Waals surface area contributed by atoms with Crippen molar-refractivity contribution in [3.8, 4) is 0 Å². The lowest BCUT2D eigenvalue weighted by atomic mass is 10.0. The average molecular weight is 328 g/mol. The zero-order valence-electron chi connectivity index (χ0n) is 12.1. The van der Waals surface area contributed by atoms with E-state index in [2.05, 4.69) is 6.58 Å². The van der Waals surface area contributed by atoms with Crippen molar-refractivity contribution in [3.63, 3.8) is 0 Å². The first-order chi connectivity index (χ1) is 10.1. The van der Waals surface area contributed by atoms with Gasteiger partial charge in [0, 0.05) is 5.57 Å². The van der Waals surface area contributed by atoms with Crippen molar-refractivity contribution in [2.45, 2.75) is 31.3 Å². The van der Waals surface area contributed by atoms with Gasteiger partial charge in [0.1, 0.15) is 24.4 Å². The predicted molar refractivity (Wildman–Crippen MR) is 73.8 cm³/mol. The van der Waals surface area contributed by atoms with Crippen LogP contribution in [0, 0.1) is 0 Å². The Morgan fingerprint density at radius 3 is 1.59 bits per heavy atom. The molecule has 10 heteroatoms. The number of carbonyl (C=O) groups is 2. The minimum absolute atomic E-state index is 0.0258. The van der Waals surface area contributed by atoms with Crippen molar-refractivity contribution in [1.82, 2.24) is 0 Å². The lowest BCUT2D eigenvalue weighted by Gasteiger charge is -2.22. The number of aldehydes is 1. The minimum Gasteiger partial charge on any atom is -0.478 e. The number of carboxylic acids is 1. The molecular formula is C12H24O10. The van der Waals surface area contributed by atoms with E-state index in [4.69, 9.17) is 40.9 Å². The molecule has 0 aliphatic heterocycles. The number of aliphatic hydroxyl groups is 7. The summed E-state index contributed by atoms with van der Waals surface area (Å²) in [5.41, 5.74) is 0.176. The van der Waals surface area contributed by atoms with Gasteiger partial charge in [-0.2, -0.15) is 0 Å². The van der Waals surface area contributed by atoms with Crippen LogP contribution in [-0.4, -0.2) is 97.3 Å². The second-order valence-electron chi connectivity index (χ2n) is 3.89. The van der Waals surface area contributed by atoms with Crippen molar-refractivity contribution in [2.75, 3.05) is 19.8 Å². The maximum Gasteiger partial charge on any atom is 0.330 e. The number of hydrogen-bond donors (Lipinski definition) is 8. The summed E-state index contributed by atoms with van der Waals surface area (Å²) >= 11 is 0. The molecule has 0 bridgehead atoms. The summed E-state index contributed by atoms with van der Waals surface area (Å²) < 4.78 is 0. The van der Waals surface area contributed by atoms with Gasteiger partial charge >= 0.3 is 5.97 Å². The van der Waals surface area contributed by atoms with E-state index < -0.39 is 37.0 Å². The summed E-state index contributed by atoms with van der Waals surface area (Å²) in [6.45, 7) is 3.59. The monoisotopic (exact) mass is 328 g/mol. The zero-order chi connectivity index (χ0) is 18.3. The maximum absolute atomic E-state index is 9.90. The van der Waals surface area contributed by atoms with Crippen LogP contribution in [0.25, 0.3) is 0 Å². The molecule has 132 valence electrons. The molecule has 0 aromatic rings. The van der Waals surface area contributed by atoms with Crippen molar-refractivity contribution < 1.29 is 50.4 Å². The van der Waals surface area contributed by atoms with Gasteiger partial charge in [0.05, 0.1) is 19.8 Å². The van der Waals surface area contributed by atoms with Gasteiger partial charge < -0.3 is 45.6 Å². The van der Waals surface area contributed by atoms with Gasteiger partial charge in [0.25, 0.3) is 0 Å². The first-order valence-electron chi connectivity index (χ1n) is 5.99. The second kappa shape index (κ2) is 16.0. The fourth-order valence-corrected chi connectivity index (χ4v) is 0.618. The molecule has 0 aromatic heterocycles. The Bertz CT molecular complexity index is 292. The van der Waals surface area contributed by atoms with Crippen molar-refractivity contribution >= 4 is 12.3 Å². The molecular weight excluding hydrogens is 304 g/mol. The smallest absolute Gasteiger partial charge is 0.330 e. The fraction of sp³-hybridized carbons (Fsp3) is 0.667. The van der Waals surface area contributed by atoms with Crippen molar-refractivity contribution in [3.05, 3.63) is 12.2 Å². The molecule has 10 nitrogen and oxygen atoms in total. The largest absolute Gasteiger partial charge is 0.478 e. The third kappa shape index (κ3) is 15.0. The number of rotatable bonds is 7. The molecule has 0 saturated carbocycles. The zero-order valence-corrected chi connectivity index (χ0v) is 12.1. The van der Waals surface area contributed by atoms with Crippen LogP contribution < -0.4 is 0 Å². The van der Waals surface area contributed by atoms with Crippen LogP contribution in [0.3, 0.4) is 0 Å². The van der Waals surface area contributed by atoms with E-state index in [0.717, 1.165) is 0 Å². The van der Waals surface area contributed by atoms with Gasteiger partial charge in [-0.1, -0.05) is 6.58 Å². The Balaban J connectivity index is -0.000000300. The Labute approximate surface area is 127 Å². The molecule has 0 saturated heterocycles. The summed E-state index contributed by atoms with van der Waals surface area (Å²) in [4.78, 5) is 19.5. The molecule has 0 aromatic carbocycles. The Morgan fingerprint density at radius 2 is 1.41 bits per heavy atom. The summed E-state index contributed by atoms with van der Waals surface area (Å²) in [5.74, 6) is -0.935. The molecule has 0 spiro atoms. The van der Waals surface area contributed by atoms with E-state index in [1.54, 1.807) is 0 Å². The van der Waals surface area contributed by atoms with Gasteiger partial charge in [0.2, 0.25) is 0 Å². The van der Waals surface area contributed by atoms with E-state index >= 15 is 0 Å². The van der Waals surface area contributed by atoms with Crippen LogP contribution in [0.5, 0.6) is 0 Å². The van der Waals surface area contributed by atoms with Gasteiger partial charge in [0.15, 0.2) is 6.29 Å². The Morgan fingerprint density at radius 1 is 1.05 bits per heavy atom. The summed E-state index contributed by atoms with van der Waals surface area (Å²) in [7, 11) is 0. The number of aliphatic carboxylic acids is 1. The molecule has 0 aliphatic rings. The first kappa shape index (κ1) is 25.5. The van der Waals surface area contributed by atoms with Crippen LogP contribution >= 0.6 is 0 Å². The maximum atomic E-state index is 9.90. The van der Waals surface area contributed by atoms with Gasteiger partial charge in [-0.15, -0.1) is 0 Å². The number of carbonyl (C=O) groups excluding carboxylic acids is 1. The molecule has 4 unspecified atom stereocenters. The van der Waals surface area contributed by atoms with E-state index in [0.29, 0.717) is 0 Å². The van der Waals surface area contributed by atoms with Gasteiger partial charge in [-0.3, -0.25) is 0 Å². The lowest BCUT2D eigenvalue weighted by Crippen LogP contribution is -2.46. The minimum atomic E-state index is -1.79. The molecule has 4 atom stereocenters. The fourth-order valence-electron chi connectivity index (χ4n) is 0.618. The molecule has 0 amide bonds. The van der Waals surface area contributed by atoms with Crippen molar-refractivity contribution in [1.29, 1.82) is 0 Å². The standard InChI is InChI=1S/C6H12O6.C4H6O2.C2H6O2/c7-1-3(9)5(11)6(12)4(10)2-8;1-3(2)4(5)6;3-1-2-4/h1,3-6,8-12H,2H2;1H2,2H3,(H,5,6);3-4H,1-2H2. The highest BCUT2D eigenvalue weighted by Gasteiger charge is 2.29. The first-order valence-corrected chi connectivity index (χ1v) is 5.99. The Hall–Kier alpha value is -1.40. The molecule has 0 aliphatic carbocycles.